The van der Waals surface area contributed by atoms with Crippen LogP contribution >= 0.6 is 0 Å². The van der Waals surface area contributed by atoms with Gasteiger partial charge in [-0.25, -0.2) is 8.78 Å². The molecule has 0 saturated carbocycles. The van der Waals surface area contributed by atoms with Crippen molar-refractivity contribution >= 4 is 33.4 Å². The molecule has 0 atom stereocenters. The van der Waals surface area contributed by atoms with Crippen molar-refractivity contribution in [2.75, 3.05) is 0 Å². The Bertz CT molecular complexity index is 2350. The summed E-state index contributed by atoms with van der Waals surface area (Å²) in [5.41, 5.74) is -11.5. The summed E-state index contributed by atoms with van der Waals surface area (Å²) in [6, 6.07) is 15.6. The van der Waals surface area contributed by atoms with E-state index >= 15 is 0 Å². The third kappa shape index (κ3) is 4.99. The highest BCUT2D eigenvalue weighted by molar-refractivity contribution is 6.31. The van der Waals surface area contributed by atoms with Gasteiger partial charge in [0.15, 0.2) is 0 Å². The quantitative estimate of drug-likeness (QED) is 0.194. The Kier molecular flexibility index (Phi) is 8.08. The van der Waals surface area contributed by atoms with E-state index in [9.17, 15) is 72.0 Å². The molecule has 0 N–H and O–H groups in total. The van der Waals surface area contributed by atoms with E-state index in [2.05, 4.69) is 0 Å². The second-order valence-corrected chi connectivity index (χ2v) is 10.3. The molecular formula is C35H7F8N7. The summed E-state index contributed by atoms with van der Waals surface area (Å²) in [5, 5.41) is 70.6. The minimum Gasteiger partial charge on any atom is -0.206 e. The van der Waals surface area contributed by atoms with Gasteiger partial charge in [-0.1, -0.05) is 12.1 Å². The molecule has 0 fully saturated rings. The fourth-order valence-electron chi connectivity index (χ4n) is 5.87. The minimum atomic E-state index is -5.24. The van der Waals surface area contributed by atoms with Gasteiger partial charge in [0.05, 0.1) is 27.8 Å². The fraction of sp³-hybridized carbons (Fsp3) is 0.0571. The van der Waals surface area contributed by atoms with Crippen LogP contribution < -0.4 is 0 Å². The second kappa shape index (κ2) is 11.9. The lowest BCUT2D eigenvalue weighted by Crippen LogP contribution is -2.09. The summed E-state index contributed by atoms with van der Waals surface area (Å²) >= 11 is 0. The lowest BCUT2D eigenvalue weighted by atomic mass is 9.87. The van der Waals surface area contributed by atoms with Crippen molar-refractivity contribution in [3.05, 3.63) is 115 Å². The zero-order valence-electron chi connectivity index (χ0n) is 24.2. The molecule has 50 heavy (non-hydrogen) atoms. The zero-order valence-corrected chi connectivity index (χ0v) is 24.2. The van der Waals surface area contributed by atoms with Gasteiger partial charge >= 0.3 is 12.4 Å². The Morgan fingerprint density at radius 3 is 1.14 bits per heavy atom. The lowest BCUT2D eigenvalue weighted by Gasteiger charge is -2.14. The first-order valence-electron chi connectivity index (χ1n) is 13.4. The molecule has 7 nitrogen and oxygen atoms in total. The predicted molar refractivity (Wildman–Crippen MR) is 155 cm³/mol. The van der Waals surface area contributed by atoms with E-state index < -0.39 is 108 Å². The van der Waals surface area contributed by atoms with Crippen LogP contribution in [0.1, 0.15) is 50.1 Å². The Labute approximate surface area is 275 Å². The highest BCUT2D eigenvalue weighted by Gasteiger charge is 2.42. The maximum Gasteiger partial charge on any atom is 0.419 e. The molecule has 0 amide bonds. The topological polar surface area (TPSA) is 167 Å². The van der Waals surface area contributed by atoms with Crippen LogP contribution in [0.4, 0.5) is 35.1 Å². The summed E-state index contributed by atoms with van der Waals surface area (Å²) in [7, 11) is 0. The average molecular weight is 677 g/mol. The van der Waals surface area contributed by atoms with Gasteiger partial charge in [-0.2, -0.15) is 63.2 Å². The van der Waals surface area contributed by atoms with E-state index in [1.807, 2.05) is 0 Å². The molecule has 3 aromatic rings. The summed E-state index contributed by atoms with van der Waals surface area (Å²) in [5.74, 6) is -3.39. The number of hydrogen-bond acceptors (Lipinski definition) is 7. The highest BCUT2D eigenvalue weighted by Crippen LogP contribution is 2.56. The van der Waals surface area contributed by atoms with Gasteiger partial charge < -0.3 is 0 Å². The van der Waals surface area contributed by atoms with Crippen LogP contribution in [0.5, 0.6) is 0 Å². The lowest BCUT2D eigenvalue weighted by molar-refractivity contribution is -0.140. The van der Waals surface area contributed by atoms with E-state index in [0.29, 0.717) is 24.3 Å². The Morgan fingerprint density at radius 1 is 0.500 bits per heavy atom. The largest absolute Gasteiger partial charge is 0.419 e. The second-order valence-electron chi connectivity index (χ2n) is 10.3. The van der Waals surface area contributed by atoms with Crippen molar-refractivity contribution in [1.29, 1.82) is 36.8 Å². The first-order chi connectivity index (χ1) is 23.6. The molecule has 0 spiro atoms. The van der Waals surface area contributed by atoms with Crippen LogP contribution in [-0.4, -0.2) is 0 Å². The molecule has 0 aliphatic heterocycles. The van der Waals surface area contributed by atoms with Gasteiger partial charge in [-0.3, -0.25) is 0 Å². The minimum absolute atomic E-state index is 0.320. The maximum atomic E-state index is 14.3. The number of alkyl halides is 6. The standard InChI is InChI=1S/C35H7F8N7/c36-26-3-1-15(5-24(26)34(38,39)40)28-21(12-48)32-19(30(28)17(8-44)9-45)7-20-31(18(10-46)11-47)29(22(13-49)33(20)23(32)14-50)16-2-4-27(37)25(6-16)35(41,42)43/h1-7H. The number of benzene rings is 3. The van der Waals surface area contributed by atoms with E-state index in [0.717, 1.165) is 18.2 Å². The molecule has 238 valence electrons. The van der Waals surface area contributed by atoms with Gasteiger partial charge in [-0.15, -0.1) is 0 Å². The molecule has 0 aromatic heterocycles. The van der Waals surface area contributed by atoms with E-state index in [1.165, 1.54) is 0 Å². The number of nitrogens with zero attached hydrogens (tertiary/aromatic N) is 7. The molecule has 2 aliphatic rings. The third-order valence-electron chi connectivity index (χ3n) is 7.77. The van der Waals surface area contributed by atoms with Gasteiger partial charge in [0, 0.05) is 33.4 Å². The molecule has 0 unspecified atom stereocenters. The van der Waals surface area contributed by atoms with Crippen molar-refractivity contribution < 1.29 is 35.1 Å². The molecule has 0 heterocycles. The molecule has 0 radical (unpaired) electrons. The maximum absolute atomic E-state index is 14.3. The van der Waals surface area contributed by atoms with Crippen LogP contribution in [0.25, 0.3) is 33.4 Å². The summed E-state index contributed by atoms with van der Waals surface area (Å²) in [6.45, 7) is 0. The Morgan fingerprint density at radius 2 is 0.860 bits per heavy atom. The zero-order chi connectivity index (χ0) is 36.9. The van der Waals surface area contributed by atoms with E-state index in [4.69, 9.17) is 0 Å². The number of halogens is 8. The van der Waals surface area contributed by atoms with Crippen molar-refractivity contribution in [2.24, 2.45) is 0 Å². The molecule has 0 saturated heterocycles. The summed E-state index contributed by atoms with van der Waals surface area (Å²) < 4.78 is 111. The molecule has 2 aliphatic carbocycles. The first kappa shape index (κ1) is 33.8. The van der Waals surface area contributed by atoms with Crippen molar-refractivity contribution in [1.82, 2.24) is 0 Å². The monoisotopic (exact) mass is 677 g/mol. The Hall–Kier alpha value is -7.51. The SMILES string of the molecule is N#CC(C#N)=C1C(c2ccc(F)c(C(F)(F)F)c2)=C(C#N)c2c1cc1c(c2C#N)C(C#N)=C(c2ccc(F)c(C(F)(F)F)c2)C1=C(C#N)C#N. The van der Waals surface area contributed by atoms with E-state index in [-0.39, 0.29) is 11.1 Å². The van der Waals surface area contributed by atoms with Gasteiger partial charge in [0.25, 0.3) is 0 Å². The predicted octanol–water partition coefficient (Wildman–Crippen LogP) is 8.37. The molecule has 5 rings (SSSR count). The van der Waals surface area contributed by atoms with Crippen LogP contribution in [0, 0.1) is 91.0 Å². The van der Waals surface area contributed by atoms with Gasteiger partial charge in [-0.05, 0) is 52.6 Å². The molecular weight excluding hydrogens is 670 g/mol. The normalized spacial score (nSPS) is 13.2. The number of allylic oxidation sites excluding steroid dienone is 8. The van der Waals surface area contributed by atoms with Crippen molar-refractivity contribution in [3.63, 3.8) is 0 Å². The highest BCUT2D eigenvalue weighted by atomic mass is 19.4. The van der Waals surface area contributed by atoms with Crippen LogP contribution in [0.3, 0.4) is 0 Å². The van der Waals surface area contributed by atoms with Crippen molar-refractivity contribution in [3.8, 4) is 42.5 Å². The third-order valence-corrected chi connectivity index (χ3v) is 7.77. The molecule has 0 bridgehead atoms. The van der Waals surface area contributed by atoms with Gasteiger partial charge in [0.2, 0.25) is 0 Å². The van der Waals surface area contributed by atoms with Crippen LogP contribution in [-0.2, 0) is 12.4 Å². The summed E-state index contributed by atoms with van der Waals surface area (Å²) in [6.07, 6.45) is -10.5. The molecule has 3 aromatic carbocycles. The van der Waals surface area contributed by atoms with E-state index in [1.54, 1.807) is 42.5 Å². The van der Waals surface area contributed by atoms with Crippen LogP contribution in [0.15, 0.2) is 53.6 Å². The Balaban J connectivity index is 2.02. The number of hydrogen-bond donors (Lipinski definition) is 0. The first-order valence-corrected chi connectivity index (χ1v) is 13.4. The van der Waals surface area contributed by atoms with Gasteiger partial charge in [0.1, 0.15) is 65.3 Å². The number of fused-ring (bicyclic) bond motifs is 2. The summed E-state index contributed by atoms with van der Waals surface area (Å²) in [4.78, 5) is 0. The average Bonchev–Trinajstić information content (AvgIpc) is 3.57. The fourth-order valence-corrected chi connectivity index (χ4v) is 5.87. The number of nitriles is 7. The molecule has 15 heteroatoms. The smallest absolute Gasteiger partial charge is 0.206 e. The number of rotatable bonds is 2. The van der Waals surface area contributed by atoms with Crippen molar-refractivity contribution in [2.45, 2.75) is 12.4 Å². The van der Waals surface area contributed by atoms with Crippen LogP contribution in [0.2, 0.25) is 0 Å².